The van der Waals surface area contributed by atoms with E-state index in [2.05, 4.69) is 70.9 Å². The fourth-order valence-electron chi connectivity index (χ4n) is 4.71. The minimum Gasteiger partial charge on any atom is -0.494 e. The van der Waals surface area contributed by atoms with Crippen molar-refractivity contribution in [2.45, 2.75) is 44.9 Å². The topological polar surface area (TPSA) is 24.5 Å². The van der Waals surface area contributed by atoms with Crippen LogP contribution in [0.1, 0.15) is 50.5 Å². The average molecular weight is 419 g/mol. The van der Waals surface area contributed by atoms with E-state index in [-0.39, 0.29) is 0 Å². The molecule has 0 spiro atoms. The monoisotopic (exact) mass is 418 g/mol. The normalized spacial score (nSPS) is 20.2. The minimum absolute atomic E-state index is 0.799. The van der Waals surface area contributed by atoms with Crippen molar-refractivity contribution in [2.75, 3.05) is 39.3 Å². The maximum Gasteiger partial charge on any atom is 0.119 e. The summed E-state index contributed by atoms with van der Waals surface area (Å²) in [5.41, 5.74) is 3.77. The van der Waals surface area contributed by atoms with Crippen molar-refractivity contribution in [3.63, 3.8) is 0 Å². The van der Waals surface area contributed by atoms with Crippen LogP contribution in [0.3, 0.4) is 0 Å². The third-order valence-electron chi connectivity index (χ3n) is 6.61. The average Bonchev–Trinajstić information content (AvgIpc) is 2.84. The molecule has 2 fully saturated rings. The first-order valence-corrected chi connectivity index (χ1v) is 12.3. The van der Waals surface area contributed by atoms with E-state index in [0.29, 0.717) is 0 Å². The Balaban J connectivity index is 1.21. The number of benzene rings is 2. The van der Waals surface area contributed by atoms with Crippen LogP contribution in [0.25, 0.3) is 17.2 Å². The molecule has 2 aromatic carbocycles. The Kier molecular flexibility index (Phi) is 8.61. The molecule has 1 unspecified atom stereocenters. The van der Waals surface area contributed by atoms with E-state index in [1.54, 1.807) is 0 Å². The number of allylic oxidation sites excluding steroid dienone is 1. The summed E-state index contributed by atoms with van der Waals surface area (Å²) in [6.45, 7) is 6.85. The zero-order valence-corrected chi connectivity index (χ0v) is 18.9. The van der Waals surface area contributed by atoms with Crippen LogP contribution in [0.2, 0.25) is 0 Å². The fraction of sp³-hybridized carbons (Fsp3) is 0.500. The van der Waals surface area contributed by atoms with Gasteiger partial charge in [0.2, 0.25) is 0 Å². The highest BCUT2D eigenvalue weighted by Crippen LogP contribution is 2.24. The summed E-state index contributed by atoms with van der Waals surface area (Å²) in [4.78, 5) is 2.57. The second-order valence-electron chi connectivity index (χ2n) is 9.10. The van der Waals surface area contributed by atoms with E-state index < -0.39 is 0 Å². The Morgan fingerprint density at radius 3 is 2.35 bits per heavy atom. The van der Waals surface area contributed by atoms with Crippen molar-refractivity contribution >= 4 is 6.08 Å². The van der Waals surface area contributed by atoms with Crippen LogP contribution in [0.5, 0.6) is 5.75 Å². The SMILES string of the molecule is C(=C/c1ccc(-c2ccc(OCCCN3CCCCC3)cc2)cc1)/CC1CCCNC1. The predicted molar refractivity (Wildman–Crippen MR) is 132 cm³/mol. The summed E-state index contributed by atoms with van der Waals surface area (Å²) in [7, 11) is 0. The quantitative estimate of drug-likeness (QED) is 0.505. The van der Waals surface area contributed by atoms with Crippen molar-refractivity contribution in [1.82, 2.24) is 10.2 Å². The van der Waals surface area contributed by atoms with Gasteiger partial charge in [-0.1, -0.05) is 55.0 Å². The molecule has 0 bridgehead atoms. The highest BCUT2D eigenvalue weighted by Gasteiger charge is 2.11. The summed E-state index contributed by atoms with van der Waals surface area (Å²) in [5, 5.41) is 3.50. The van der Waals surface area contributed by atoms with E-state index in [9.17, 15) is 0 Å². The largest absolute Gasteiger partial charge is 0.494 e. The predicted octanol–water partition coefficient (Wildman–Crippen LogP) is 6.01. The van der Waals surface area contributed by atoms with Crippen molar-refractivity contribution in [3.05, 3.63) is 60.2 Å². The van der Waals surface area contributed by atoms with E-state index in [4.69, 9.17) is 4.74 Å². The van der Waals surface area contributed by atoms with E-state index >= 15 is 0 Å². The fourth-order valence-corrected chi connectivity index (χ4v) is 4.71. The third-order valence-corrected chi connectivity index (χ3v) is 6.61. The molecule has 0 saturated carbocycles. The number of ether oxygens (including phenoxy) is 1. The Morgan fingerprint density at radius 2 is 1.65 bits per heavy atom. The molecule has 2 aliphatic rings. The van der Waals surface area contributed by atoms with Gasteiger partial charge in [0.25, 0.3) is 0 Å². The second kappa shape index (κ2) is 12.1. The van der Waals surface area contributed by atoms with Crippen LogP contribution in [-0.4, -0.2) is 44.2 Å². The molecular formula is C28H38N2O. The zero-order chi connectivity index (χ0) is 21.1. The molecule has 2 heterocycles. The first kappa shape index (κ1) is 22.1. The van der Waals surface area contributed by atoms with Gasteiger partial charge in [-0.25, -0.2) is 0 Å². The number of nitrogens with zero attached hydrogens (tertiary/aromatic N) is 1. The van der Waals surface area contributed by atoms with Gasteiger partial charge in [-0.2, -0.15) is 0 Å². The Bertz CT molecular complexity index is 785. The molecule has 1 atom stereocenters. The second-order valence-corrected chi connectivity index (χ2v) is 9.10. The number of hydrogen-bond acceptors (Lipinski definition) is 3. The lowest BCUT2D eigenvalue weighted by Gasteiger charge is -2.26. The van der Waals surface area contributed by atoms with E-state index in [1.807, 2.05) is 0 Å². The molecule has 31 heavy (non-hydrogen) atoms. The van der Waals surface area contributed by atoms with Crippen LogP contribution >= 0.6 is 0 Å². The lowest BCUT2D eigenvalue weighted by atomic mass is 9.95. The first-order chi connectivity index (χ1) is 15.4. The summed E-state index contributed by atoms with van der Waals surface area (Å²) in [6.07, 6.45) is 13.7. The zero-order valence-electron chi connectivity index (χ0n) is 18.9. The molecule has 2 aliphatic heterocycles. The molecule has 3 heteroatoms. The van der Waals surface area contributed by atoms with Crippen molar-refractivity contribution in [3.8, 4) is 16.9 Å². The highest BCUT2D eigenvalue weighted by molar-refractivity contribution is 5.66. The molecular weight excluding hydrogens is 380 g/mol. The van der Waals surface area contributed by atoms with Crippen LogP contribution in [0, 0.1) is 5.92 Å². The summed E-state index contributed by atoms with van der Waals surface area (Å²) in [6, 6.07) is 17.4. The van der Waals surface area contributed by atoms with Gasteiger partial charge in [-0.05, 0) is 99.4 Å². The van der Waals surface area contributed by atoms with E-state index in [0.717, 1.165) is 31.2 Å². The molecule has 0 aliphatic carbocycles. The number of hydrogen-bond donors (Lipinski definition) is 1. The number of likely N-dealkylation sites (tertiary alicyclic amines) is 1. The van der Waals surface area contributed by atoms with Crippen molar-refractivity contribution in [2.24, 2.45) is 5.92 Å². The molecule has 2 saturated heterocycles. The van der Waals surface area contributed by atoms with Gasteiger partial charge >= 0.3 is 0 Å². The van der Waals surface area contributed by atoms with Gasteiger partial charge in [0.05, 0.1) is 6.61 Å². The Morgan fingerprint density at radius 1 is 0.903 bits per heavy atom. The molecule has 0 radical (unpaired) electrons. The molecule has 1 N–H and O–H groups in total. The van der Waals surface area contributed by atoms with Gasteiger partial charge in [-0.3, -0.25) is 0 Å². The Labute approximate surface area is 188 Å². The lowest BCUT2D eigenvalue weighted by Crippen LogP contribution is -2.31. The molecule has 166 valence electrons. The van der Waals surface area contributed by atoms with Gasteiger partial charge in [0.15, 0.2) is 0 Å². The Hall–Kier alpha value is -2.10. The van der Waals surface area contributed by atoms with Crippen LogP contribution in [0.4, 0.5) is 0 Å². The maximum absolute atomic E-state index is 5.96. The van der Waals surface area contributed by atoms with Crippen molar-refractivity contribution < 1.29 is 4.74 Å². The van der Waals surface area contributed by atoms with Gasteiger partial charge in [-0.15, -0.1) is 0 Å². The van der Waals surface area contributed by atoms with Crippen molar-refractivity contribution in [1.29, 1.82) is 0 Å². The molecule has 0 aromatic heterocycles. The summed E-state index contributed by atoms with van der Waals surface area (Å²) >= 11 is 0. The van der Waals surface area contributed by atoms with Gasteiger partial charge in [0, 0.05) is 6.54 Å². The number of piperidine rings is 2. The molecule has 0 amide bonds. The van der Waals surface area contributed by atoms with Crippen LogP contribution in [-0.2, 0) is 0 Å². The van der Waals surface area contributed by atoms with Gasteiger partial charge in [0.1, 0.15) is 5.75 Å². The molecule has 3 nitrogen and oxygen atoms in total. The molecule has 2 aromatic rings. The maximum atomic E-state index is 5.96. The molecule has 4 rings (SSSR count). The highest BCUT2D eigenvalue weighted by atomic mass is 16.5. The standard InChI is InChI=1S/C28H38N2O/c1-2-19-30(20-3-1)21-6-22-31-28-16-14-27(15-17-28)26-12-10-24(11-13-26)7-4-8-25-9-5-18-29-23-25/h4,7,10-17,25,29H,1-3,5-6,8-9,18-23H2/b7-4-. The lowest BCUT2D eigenvalue weighted by molar-refractivity contribution is 0.205. The number of rotatable bonds is 9. The summed E-state index contributed by atoms with van der Waals surface area (Å²) < 4.78 is 5.96. The van der Waals surface area contributed by atoms with Gasteiger partial charge < -0.3 is 15.0 Å². The first-order valence-electron chi connectivity index (χ1n) is 12.3. The third kappa shape index (κ3) is 7.22. The minimum atomic E-state index is 0.799. The van der Waals surface area contributed by atoms with E-state index in [1.165, 1.54) is 81.4 Å². The van der Waals surface area contributed by atoms with Crippen LogP contribution < -0.4 is 10.1 Å². The number of nitrogens with one attached hydrogen (secondary N) is 1. The smallest absolute Gasteiger partial charge is 0.119 e. The van der Waals surface area contributed by atoms with Crippen LogP contribution in [0.15, 0.2) is 54.6 Å². The summed E-state index contributed by atoms with van der Waals surface area (Å²) in [5.74, 6) is 1.77.